The molecule has 4 heteroatoms. The van der Waals surface area contributed by atoms with Gasteiger partial charge < -0.3 is 9.84 Å². The van der Waals surface area contributed by atoms with Crippen molar-refractivity contribution in [3.8, 4) is 0 Å². The Labute approximate surface area is 72.4 Å². The van der Waals surface area contributed by atoms with Gasteiger partial charge in [0.1, 0.15) is 0 Å². The number of nitrogens with one attached hydrogen (secondary N) is 1. The fourth-order valence-corrected chi connectivity index (χ4v) is 0.880. The average molecular weight is 169 g/mol. The second-order valence-electron chi connectivity index (χ2n) is 3.26. The maximum atomic E-state index is 4.92. The fourth-order valence-electron chi connectivity index (χ4n) is 0.880. The van der Waals surface area contributed by atoms with E-state index in [4.69, 9.17) is 4.52 Å². The Balaban J connectivity index is 2.24. The van der Waals surface area contributed by atoms with E-state index in [0.29, 0.717) is 24.2 Å². The van der Waals surface area contributed by atoms with E-state index >= 15 is 0 Å². The van der Waals surface area contributed by atoms with Gasteiger partial charge in [0.15, 0.2) is 5.82 Å². The highest BCUT2D eigenvalue weighted by atomic mass is 16.5. The molecule has 0 aliphatic rings. The highest BCUT2D eigenvalue weighted by Gasteiger charge is 2.01. The maximum Gasteiger partial charge on any atom is 0.240 e. The first-order valence-electron chi connectivity index (χ1n) is 4.18. The Bertz CT molecular complexity index is 232. The summed E-state index contributed by atoms with van der Waals surface area (Å²) in [5.41, 5.74) is 0. The third-order valence-corrected chi connectivity index (χ3v) is 1.40. The predicted molar refractivity (Wildman–Crippen MR) is 45.6 cm³/mol. The van der Waals surface area contributed by atoms with Crippen molar-refractivity contribution in [1.82, 2.24) is 15.5 Å². The van der Waals surface area contributed by atoms with E-state index in [9.17, 15) is 0 Å². The fraction of sp³-hybridized carbons (Fsp3) is 0.750. The van der Waals surface area contributed by atoms with Crippen LogP contribution in [0.2, 0.25) is 0 Å². The zero-order chi connectivity index (χ0) is 8.97. The molecule has 1 rings (SSSR count). The first kappa shape index (κ1) is 9.19. The van der Waals surface area contributed by atoms with Gasteiger partial charge in [-0.25, -0.2) is 0 Å². The monoisotopic (exact) mass is 169 g/mol. The summed E-state index contributed by atoms with van der Waals surface area (Å²) >= 11 is 0. The van der Waals surface area contributed by atoms with Gasteiger partial charge in [-0.15, -0.1) is 0 Å². The minimum atomic E-state index is 0.647. The van der Waals surface area contributed by atoms with Gasteiger partial charge in [-0.2, -0.15) is 4.98 Å². The van der Waals surface area contributed by atoms with Gasteiger partial charge >= 0.3 is 0 Å². The predicted octanol–water partition coefficient (Wildman–Crippen LogP) is 1.12. The average Bonchev–Trinajstić information content (AvgIpc) is 2.35. The van der Waals surface area contributed by atoms with Gasteiger partial charge in [0, 0.05) is 0 Å². The number of rotatable bonds is 4. The lowest BCUT2D eigenvalue weighted by Crippen LogP contribution is -2.19. The van der Waals surface area contributed by atoms with Crippen molar-refractivity contribution in [1.29, 1.82) is 0 Å². The maximum absolute atomic E-state index is 4.92. The molecular formula is C8H15N3O. The topological polar surface area (TPSA) is 51.0 Å². The third kappa shape index (κ3) is 3.00. The molecule has 1 aromatic rings. The zero-order valence-electron chi connectivity index (χ0n) is 7.79. The second kappa shape index (κ2) is 4.21. The van der Waals surface area contributed by atoms with E-state index in [2.05, 4.69) is 29.3 Å². The summed E-state index contributed by atoms with van der Waals surface area (Å²) in [5, 5.41) is 6.91. The standard InChI is InChI=1S/C8H15N3O/c1-6(2)4-9-5-8-10-7(3)11-12-8/h6,9H,4-5H2,1-3H3. The minimum Gasteiger partial charge on any atom is -0.338 e. The van der Waals surface area contributed by atoms with E-state index in [-0.39, 0.29) is 0 Å². The largest absolute Gasteiger partial charge is 0.338 e. The first-order valence-corrected chi connectivity index (χ1v) is 4.18. The van der Waals surface area contributed by atoms with Crippen molar-refractivity contribution in [2.24, 2.45) is 5.92 Å². The minimum absolute atomic E-state index is 0.647. The molecule has 0 aliphatic heterocycles. The molecule has 12 heavy (non-hydrogen) atoms. The van der Waals surface area contributed by atoms with Crippen LogP contribution in [0.25, 0.3) is 0 Å². The Morgan fingerprint density at radius 3 is 2.75 bits per heavy atom. The van der Waals surface area contributed by atoms with Gasteiger partial charge in [0.2, 0.25) is 5.89 Å². The van der Waals surface area contributed by atoms with E-state index in [1.54, 1.807) is 0 Å². The number of aryl methyl sites for hydroxylation is 1. The van der Waals surface area contributed by atoms with Crippen molar-refractivity contribution in [2.45, 2.75) is 27.3 Å². The Hall–Kier alpha value is -0.900. The summed E-state index contributed by atoms with van der Waals surface area (Å²) in [7, 11) is 0. The lowest BCUT2D eigenvalue weighted by Gasteiger charge is -2.03. The van der Waals surface area contributed by atoms with Gasteiger partial charge in [-0.1, -0.05) is 19.0 Å². The van der Waals surface area contributed by atoms with Crippen LogP contribution >= 0.6 is 0 Å². The van der Waals surface area contributed by atoms with Gasteiger partial charge in [-0.3, -0.25) is 0 Å². The summed E-state index contributed by atoms with van der Waals surface area (Å²) < 4.78 is 4.92. The summed E-state index contributed by atoms with van der Waals surface area (Å²) in [4.78, 5) is 4.07. The van der Waals surface area contributed by atoms with Crippen LogP contribution in [0.4, 0.5) is 0 Å². The molecule has 0 saturated heterocycles. The molecule has 68 valence electrons. The second-order valence-corrected chi connectivity index (χ2v) is 3.26. The molecule has 0 fully saturated rings. The SMILES string of the molecule is Cc1noc(CNCC(C)C)n1. The molecule has 1 N–H and O–H groups in total. The molecule has 4 nitrogen and oxygen atoms in total. The van der Waals surface area contributed by atoms with Crippen LogP contribution in [0.3, 0.4) is 0 Å². The van der Waals surface area contributed by atoms with E-state index in [1.165, 1.54) is 0 Å². The highest BCUT2D eigenvalue weighted by Crippen LogP contribution is 1.95. The first-order chi connectivity index (χ1) is 5.68. The van der Waals surface area contributed by atoms with Crippen molar-refractivity contribution >= 4 is 0 Å². The molecule has 0 spiro atoms. The van der Waals surface area contributed by atoms with Crippen molar-refractivity contribution in [3.05, 3.63) is 11.7 Å². The Morgan fingerprint density at radius 1 is 1.50 bits per heavy atom. The van der Waals surface area contributed by atoms with Crippen LogP contribution in [-0.2, 0) is 6.54 Å². The van der Waals surface area contributed by atoms with Crippen molar-refractivity contribution in [3.63, 3.8) is 0 Å². The zero-order valence-corrected chi connectivity index (χ0v) is 7.79. The van der Waals surface area contributed by atoms with Gasteiger partial charge in [-0.05, 0) is 19.4 Å². The van der Waals surface area contributed by atoms with Crippen LogP contribution in [0.1, 0.15) is 25.6 Å². The summed E-state index contributed by atoms with van der Waals surface area (Å²) in [6.07, 6.45) is 0. The van der Waals surface area contributed by atoms with Crippen LogP contribution in [-0.4, -0.2) is 16.7 Å². The lowest BCUT2D eigenvalue weighted by molar-refractivity contribution is 0.360. The number of aromatic nitrogens is 2. The molecule has 0 aromatic carbocycles. The number of hydrogen-bond acceptors (Lipinski definition) is 4. The normalized spacial score (nSPS) is 11.0. The number of nitrogens with zero attached hydrogens (tertiary/aromatic N) is 2. The van der Waals surface area contributed by atoms with Crippen LogP contribution in [0.5, 0.6) is 0 Å². The highest BCUT2D eigenvalue weighted by molar-refractivity contribution is 4.81. The molecule has 0 atom stereocenters. The summed E-state index contributed by atoms with van der Waals surface area (Å²) in [6.45, 7) is 7.77. The van der Waals surface area contributed by atoms with E-state index in [0.717, 1.165) is 6.54 Å². The molecule has 0 amide bonds. The molecule has 0 aliphatic carbocycles. The molecule has 0 radical (unpaired) electrons. The quantitative estimate of drug-likeness (QED) is 0.734. The van der Waals surface area contributed by atoms with Crippen molar-refractivity contribution in [2.75, 3.05) is 6.54 Å². The molecule has 0 saturated carbocycles. The van der Waals surface area contributed by atoms with Crippen LogP contribution < -0.4 is 5.32 Å². The molecule has 0 bridgehead atoms. The van der Waals surface area contributed by atoms with Crippen LogP contribution in [0, 0.1) is 12.8 Å². The third-order valence-electron chi connectivity index (χ3n) is 1.40. The Kier molecular flexibility index (Phi) is 3.22. The smallest absolute Gasteiger partial charge is 0.240 e. The van der Waals surface area contributed by atoms with Gasteiger partial charge in [0.25, 0.3) is 0 Å². The van der Waals surface area contributed by atoms with Gasteiger partial charge in [0.05, 0.1) is 6.54 Å². The van der Waals surface area contributed by atoms with Crippen molar-refractivity contribution < 1.29 is 4.52 Å². The molecule has 1 heterocycles. The molecular weight excluding hydrogens is 154 g/mol. The van der Waals surface area contributed by atoms with E-state index < -0.39 is 0 Å². The number of hydrogen-bond donors (Lipinski definition) is 1. The summed E-state index contributed by atoms with van der Waals surface area (Å²) in [6, 6.07) is 0. The summed E-state index contributed by atoms with van der Waals surface area (Å²) in [5.74, 6) is 2.00. The van der Waals surface area contributed by atoms with E-state index in [1.807, 2.05) is 6.92 Å². The lowest BCUT2D eigenvalue weighted by atomic mass is 10.2. The Morgan fingerprint density at radius 2 is 2.25 bits per heavy atom. The molecule has 0 unspecified atom stereocenters. The van der Waals surface area contributed by atoms with Crippen LogP contribution in [0.15, 0.2) is 4.52 Å². The molecule has 1 aromatic heterocycles.